The second-order valence-electron chi connectivity index (χ2n) is 9.40. The second kappa shape index (κ2) is 9.23. The van der Waals surface area contributed by atoms with E-state index in [0.717, 1.165) is 0 Å². The number of ether oxygens (including phenoxy) is 1. The van der Waals surface area contributed by atoms with E-state index in [2.05, 4.69) is 15.3 Å². The SMILES string of the molecule is CCNC(=O)c1cc2c(-c3cc(C(C)(C)O)cnc3Oc3c(C)cc(F)cc3C)cn(C)c(=O)c2[nH]1. The van der Waals surface area contributed by atoms with Gasteiger partial charge in [-0.15, -0.1) is 0 Å². The number of nitrogens with zero attached hydrogens (tertiary/aromatic N) is 2. The first kappa shape index (κ1) is 25.1. The third-order valence-electron chi connectivity index (χ3n) is 6.02. The van der Waals surface area contributed by atoms with Gasteiger partial charge in [0.05, 0.1) is 5.60 Å². The van der Waals surface area contributed by atoms with E-state index in [4.69, 9.17) is 4.74 Å². The number of rotatable bonds is 6. The molecule has 3 heterocycles. The van der Waals surface area contributed by atoms with Crippen molar-refractivity contribution in [2.75, 3.05) is 6.54 Å². The van der Waals surface area contributed by atoms with Gasteiger partial charge in [0.1, 0.15) is 22.8 Å². The fourth-order valence-corrected chi connectivity index (χ4v) is 4.14. The summed E-state index contributed by atoms with van der Waals surface area (Å²) in [5.74, 6) is -0.0344. The molecule has 188 valence electrons. The first-order valence-electron chi connectivity index (χ1n) is 11.6. The Morgan fingerprint density at radius 1 is 1.19 bits per heavy atom. The predicted octanol–water partition coefficient (Wildman–Crippen LogP) is 4.45. The summed E-state index contributed by atoms with van der Waals surface area (Å²) in [6.45, 7) is 9.01. The lowest BCUT2D eigenvalue weighted by Crippen LogP contribution is -2.23. The van der Waals surface area contributed by atoms with E-state index in [9.17, 15) is 19.1 Å². The summed E-state index contributed by atoms with van der Waals surface area (Å²) in [6, 6.07) is 6.12. The highest BCUT2D eigenvalue weighted by molar-refractivity contribution is 6.03. The first-order valence-corrected chi connectivity index (χ1v) is 11.6. The molecule has 4 rings (SSSR count). The van der Waals surface area contributed by atoms with Gasteiger partial charge in [-0.1, -0.05) is 0 Å². The summed E-state index contributed by atoms with van der Waals surface area (Å²) >= 11 is 0. The minimum Gasteiger partial charge on any atom is -0.438 e. The quantitative estimate of drug-likeness (QED) is 0.368. The molecule has 0 fully saturated rings. The number of pyridine rings is 2. The fraction of sp³-hybridized carbons (Fsp3) is 0.296. The smallest absolute Gasteiger partial charge is 0.274 e. The Bertz CT molecular complexity index is 1520. The van der Waals surface area contributed by atoms with Crippen LogP contribution >= 0.6 is 0 Å². The zero-order chi connectivity index (χ0) is 26.4. The Morgan fingerprint density at radius 2 is 1.86 bits per heavy atom. The van der Waals surface area contributed by atoms with Crippen LogP contribution < -0.4 is 15.6 Å². The van der Waals surface area contributed by atoms with E-state index in [0.29, 0.717) is 45.5 Å². The van der Waals surface area contributed by atoms with E-state index in [1.54, 1.807) is 53.1 Å². The molecule has 36 heavy (non-hydrogen) atoms. The molecule has 4 aromatic rings. The van der Waals surface area contributed by atoms with Gasteiger partial charge in [-0.2, -0.15) is 0 Å². The number of halogens is 1. The highest BCUT2D eigenvalue weighted by Crippen LogP contribution is 2.39. The lowest BCUT2D eigenvalue weighted by Gasteiger charge is -2.21. The largest absolute Gasteiger partial charge is 0.438 e. The molecule has 0 aliphatic heterocycles. The average molecular weight is 493 g/mol. The molecule has 0 spiro atoms. The van der Waals surface area contributed by atoms with Crippen molar-refractivity contribution in [2.24, 2.45) is 7.05 Å². The molecule has 0 saturated heterocycles. The van der Waals surface area contributed by atoms with E-state index >= 15 is 0 Å². The van der Waals surface area contributed by atoms with Crippen molar-refractivity contribution in [3.63, 3.8) is 0 Å². The monoisotopic (exact) mass is 492 g/mol. The summed E-state index contributed by atoms with van der Waals surface area (Å²) < 4.78 is 21.5. The Kier molecular flexibility index (Phi) is 6.44. The predicted molar refractivity (Wildman–Crippen MR) is 136 cm³/mol. The molecule has 9 heteroatoms. The fourth-order valence-electron chi connectivity index (χ4n) is 4.14. The van der Waals surface area contributed by atoms with Gasteiger partial charge in [0.2, 0.25) is 5.88 Å². The minimum atomic E-state index is -1.20. The van der Waals surface area contributed by atoms with Gasteiger partial charge in [-0.05, 0) is 70.0 Å². The van der Waals surface area contributed by atoms with Crippen LogP contribution in [-0.4, -0.2) is 32.1 Å². The standard InChI is InChI=1S/C27H29FN4O4/c1-7-29-24(33)21-11-18-20(13-32(6)26(34)22(18)31-21)19-10-16(27(4,5)35)12-30-25(19)36-23-14(2)8-17(28)9-15(23)3/h8-13,31,35H,7H2,1-6H3,(H,29,33). The van der Waals surface area contributed by atoms with Crippen molar-refractivity contribution in [2.45, 2.75) is 40.2 Å². The van der Waals surface area contributed by atoms with Crippen LogP contribution in [0.1, 0.15) is 48.0 Å². The minimum absolute atomic E-state index is 0.210. The summed E-state index contributed by atoms with van der Waals surface area (Å²) in [7, 11) is 1.61. The van der Waals surface area contributed by atoms with Crippen LogP contribution in [0.15, 0.2) is 41.5 Å². The summed E-state index contributed by atoms with van der Waals surface area (Å²) in [5, 5.41) is 13.9. The topological polar surface area (TPSA) is 109 Å². The highest BCUT2D eigenvalue weighted by atomic mass is 19.1. The molecule has 0 aliphatic carbocycles. The number of H-pyrrole nitrogens is 1. The molecule has 3 N–H and O–H groups in total. The maximum absolute atomic E-state index is 13.9. The van der Waals surface area contributed by atoms with Gasteiger partial charge in [-0.3, -0.25) is 9.59 Å². The van der Waals surface area contributed by atoms with Gasteiger partial charge in [-0.25, -0.2) is 9.37 Å². The van der Waals surface area contributed by atoms with Gasteiger partial charge in [0.25, 0.3) is 11.5 Å². The van der Waals surface area contributed by atoms with Gasteiger partial charge < -0.3 is 24.7 Å². The molecule has 1 aromatic carbocycles. The van der Waals surface area contributed by atoms with Gasteiger partial charge in [0.15, 0.2) is 0 Å². The maximum Gasteiger partial charge on any atom is 0.274 e. The average Bonchev–Trinajstić information content (AvgIpc) is 3.24. The number of fused-ring (bicyclic) bond motifs is 1. The summed E-state index contributed by atoms with van der Waals surface area (Å²) in [6.07, 6.45) is 3.16. The number of hydrogen-bond acceptors (Lipinski definition) is 5. The van der Waals surface area contributed by atoms with Crippen LogP contribution in [0.3, 0.4) is 0 Å². The molecular weight excluding hydrogens is 463 g/mol. The van der Waals surface area contributed by atoms with E-state index in [1.165, 1.54) is 22.9 Å². The van der Waals surface area contributed by atoms with Crippen LogP contribution in [0, 0.1) is 19.7 Å². The van der Waals surface area contributed by atoms with Crippen molar-refractivity contribution in [3.8, 4) is 22.8 Å². The Balaban J connectivity index is 2.00. The van der Waals surface area contributed by atoms with Gasteiger partial charge in [0, 0.05) is 48.1 Å². The molecule has 0 aliphatic rings. The Morgan fingerprint density at radius 3 is 2.47 bits per heavy atom. The number of aromatic amines is 1. The number of carbonyl (C=O) groups excluding carboxylic acids is 1. The molecule has 8 nitrogen and oxygen atoms in total. The molecule has 0 atom stereocenters. The highest BCUT2D eigenvalue weighted by Gasteiger charge is 2.24. The van der Waals surface area contributed by atoms with Crippen molar-refractivity contribution < 1.29 is 19.0 Å². The van der Waals surface area contributed by atoms with Gasteiger partial charge >= 0.3 is 0 Å². The third-order valence-corrected chi connectivity index (χ3v) is 6.02. The zero-order valence-electron chi connectivity index (χ0n) is 21.1. The first-order chi connectivity index (χ1) is 16.9. The number of aromatic nitrogens is 3. The number of aryl methyl sites for hydroxylation is 3. The van der Waals surface area contributed by atoms with Crippen molar-refractivity contribution in [1.82, 2.24) is 19.9 Å². The molecule has 1 amide bonds. The number of amides is 1. The number of carbonyl (C=O) groups is 1. The molecule has 0 unspecified atom stereocenters. The van der Waals surface area contributed by atoms with Crippen molar-refractivity contribution >= 4 is 16.8 Å². The lowest BCUT2D eigenvalue weighted by molar-refractivity contribution is 0.0782. The van der Waals surface area contributed by atoms with Crippen LogP contribution in [0.5, 0.6) is 11.6 Å². The lowest BCUT2D eigenvalue weighted by atomic mass is 9.96. The Hall–Kier alpha value is -3.98. The number of hydrogen-bond donors (Lipinski definition) is 3. The maximum atomic E-state index is 13.9. The molecule has 0 bridgehead atoms. The van der Waals surface area contributed by atoms with E-state index < -0.39 is 5.60 Å². The van der Waals surface area contributed by atoms with Crippen LogP contribution in [0.25, 0.3) is 22.0 Å². The van der Waals surface area contributed by atoms with Crippen molar-refractivity contribution in [1.29, 1.82) is 0 Å². The van der Waals surface area contributed by atoms with Crippen molar-refractivity contribution in [3.05, 3.63) is 75.2 Å². The number of aliphatic hydroxyl groups is 1. The number of nitrogens with one attached hydrogen (secondary N) is 2. The molecular formula is C27H29FN4O4. The van der Waals surface area contributed by atoms with E-state index in [-0.39, 0.29) is 34.4 Å². The van der Waals surface area contributed by atoms with Crippen LogP contribution in [-0.2, 0) is 12.6 Å². The number of benzene rings is 1. The normalized spacial score (nSPS) is 11.7. The second-order valence-corrected chi connectivity index (χ2v) is 9.40. The molecule has 0 radical (unpaired) electrons. The third kappa shape index (κ3) is 4.61. The van der Waals surface area contributed by atoms with E-state index in [1.807, 2.05) is 6.92 Å². The molecule has 0 saturated carbocycles. The van der Waals surface area contributed by atoms with Crippen LogP contribution in [0.2, 0.25) is 0 Å². The molecule has 3 aromatic heterocycles. The summed E-state index contributed by atoms with van der Waals surface area (Å²) in [4.78, 5) is 32.8. The zero-order valence-corrected chi connectivity index (χ0v) is 21.1. The van der Waals surface area contributed by atoms with Crippen LogP contribution in [0.4, 0.5) is 4.39 Å². The summed E-state index contributed by atoms with van der Waals surface area (Å²) in [5.41, 5.74) is 1.79. The Labute approximate surface area is 207 Å².